The first-order chi connectivity index (χ1) is 14.2. The van der Waals surface area contributed by atoms with Gasteiger partial charge in [-0.25, -0.2) is 0 Å². The molecule has 8 nitrogen and oxygen atoms in total. The van der Waals surface area contributed by atoms with Crippen molar-refractivity contribution >= 4 is 17.9 Å². The summed E-state index contributed by atoms with van der Waals surface area (Å²) in [6.45, 7) is 8.50. The molecule has 0 fully saturated rings. The van der Waals surface area contributed by atoms with Gasteiger partial charge in [-0.3, -0.25) is 9.59 Å². The van der Waals surface area contributed by atoms with Crippen LogP contribution in [0.5, 0.6) is 0 Å². The van der Waals surface area contributed by atoms with Gasteiger partial charge in [0, 0.05) is 12.4 Å². The van der Waals surface area contributed by atoms with Gasteiger partial charge in [0.25, 0.3) is 0 Å². The Bertz CT molecular complexity index is 437. The third kappa shape index (κ3) is 26.3. The fourth-order valence-electron chi connectivity index (χ4n) is 3.07. The predicted octanol–water partition coefficient (Wildman–Crippen LogP) is 2.77. The number of carbonyl (C=O) groups is 3. The normalized spacial score (nSPS) is 11.8. The maximum atomic E-state index is 10.5. The van der Waals surface area contributed by atoms with Crippen LogP contribution in [-0.4, -0.2) is 71.5 Å². The lowest BCUT2D eigenvalue weighted by Gasteiger charge is -2.26. The van der Waals surface area contributed by atoms with Crippen molar-refractivity contribution in [1.29, 1.82) is 0 Å². The van der Waals surface area contributed by atoms with E-state index in [0.717, 1.165) is 51.4 Å². The minimum absolute atomic E-state index is 0.102. The van der Waals surface area contributed by atoms with Crippen molar-refractivity contribution < 1.29 is 39.3 Å². The van der Waals surface area contributed by atoms with E-state index in [1.165, 1.54) is 0 Å². The van der Waals surface area contributed by atoms with Crippen LogP contribution in [0.3, 0.4) is 0 Å². The molecule has 0 heterocycles. The largest absolute Gasteiger partial charge is 0.550 e. The minimum Gasteiger partial charge on any atom is -0.550 e. The molecule has 0 spiro atoms. The summed E-state index contributed by atoms with van der Waals surface area (Å²) in [6, 6.07) is 0. The monoisotopic (exact) mass is 449 g/mol. The SMILES string of the molecule is CCCC(CCC)C(=O)O.CCCC(CCC)C(=O)O.C[N+](C)(C)C[C@H](O)CC(=O)[O-]. The number of likely N-dealkylation sites (N-methyl/N-ethyl adjacent to an activating group) is 1. The van der Waals surface area contributed by atoms with Crippen LogP contribution in [-0.2, 0) is 14.4 Å². The Kier molecular flexibility index (Phi) is 22.2. The van der Waals surface area contributed by atoms with E-state index in [1.807, 2.05) is 48.8 Å². The lowest BCUT2D eigenvalue weighted by Crippen LogP contribution is -2.43. The van der Waals surface area contributed by atoms with E-state index < -0.39 is 24.0 Å². The number of hydrogen-bond acceptors (Lipinski definition) is 5. The molecule has 0 rings (SSSR count). The van der Waals surface area contributed by atoms with Crippen LogP contribution in [0.25, 0.3) is 0 Å². The van der Waals surface area contributed by atoms with Gasteiger partial charge in [0.15, 0.2) is 0 Å². The second kappa shape index (κ2) is 20.2. The van der Waals surface area contributed by atoms with Crippen LogP contribution >= 0.6 is 0 Å². The van der Waals surface area contributed by atoms with Crippen molar-refractivity contribution in [3.05, 3.63) is 0 Å². The molecule has 0 aromatic rings. The summed E-state index contributed by atoms with van der Waals surface area (Å²) in [4.78, 5) is 31.0. The Morgan fingerprint density at radius 2 is 1.03 bits per heavy atom. The number of aliphatic hydroxyl groups is 1. The second-order valence-electron chi connectivity index (χ2n) is 8.93. The first-order valence-corrected chi connectivity index (χ1v) is 11.4. The van der Waals surface area contributed by atoms with Gasteiger partial charge in [-0.05, 0) is 25.7 Å². The Morgan fingerprint density at radius 3 is 1.19 bits per heavy atom. The fourth-order valence-corrected chi connectivity index (χ4v) is 3.07. The van der Waals surface area contributed by atoms with E-state index in [-0.39, 0.29) is 18.3 Å². The van der Waals surface area contributed by atoms with Gasteiger partial charge in [0.2, 0.25) is 0 Å². The van der Waals surface area contributed by atoms with Gasteiger partial charge >= 0.3 is 11.9 Å². The summed E-state index contributed by atoms with van der Waals surface area (Å²) in [5, 5.41) is 36.4. The molecule has 0 unspecified atom stereocenters. The Labute approximate surface area is 188 Å². The highest BCUT2D eigenvalue weighted by atomic mass is 16.4. The third-order valence-electron chi connectivity index (χ3n) is 4.41. The van der Waals surface area contributed by atoms with Crippen LogP contribution in [0.15, 0.2) is 0 Å². The Morgan fingerprint density at radius 1 is 0.742 bits per heavy atom. The maximum Gasteiger partial charge on any atom is 0.306 e. The third-order valence-corrected chi connectivity index (χ3v) is 4.41. The number of carboxylic acid groups (broad SMARTS) is 3. The van der Waals surface area contributed by atoms with Crippen LogP contribution in [0.1, 0.15) is 85.5 Å². The van der Waals surface area contributed by atoms with E-state index in [2.05, 4.69) is 0 Å². The quantitative estimate of drug-likeness (QED) is 0.347. The first kappa shape index (κ1) is 34.0. The number of quaternary nitrogens is 1. The van der Waals surface area contributed by atoms with Gasteiger partial charge in [-0.15, -0.1) is 0 Å². The summed E-state index contributed by atoms with van der Waals surface area (Å²) in [6.07, 6.45) is 6.08. The summed E-state index contributed by atoms with van der Waals surface area (Å²) >= 11 is 0. The van der Waals surface area contributed by atoms with Crippen molar-refractivity contribution in [2.24, 2.45) is 11.8 Å². The van der Waals surface area contributed by atoms with Gasteiger partial charge < -0.3 is 29.7 Å². The molecule has 186 valence electrons. The molecule has 31 heavy (non-hydrogen) atoms. The second-order valence-corrected chi connectivity index (χ2v) is 8.93. The molecule has 3 N–H and O–H groups in total. The lowest BCUT2D eigenvalue weighted by molar-refractivity contribution is -0.873. The summed E-state index contributed by atoms with van der Waals surface area (Å²) in [7, 11) is 5.66. The van der Waals surface area contributed by atoms with Gasteiger partial charge in [0.05, 0.1) is 33.0 Å². The lowest BCUT2D eigenvalue weighted by atomic mass is 9.99. The molecule has 0 aromatic heterocycles. The summed E-state index contributed by atoms with van der Waals surface area (Å²) in [5.41, 5.74) is 0. The summed E-state index contributed by atoms with van der Waals surface area (Å²) < 4.78 is 0.550. The minimum atomic E-state index is -1.20. The average Bonchev–Trinajstić information content (AvgIpc) is 2.60. The van der Waals surface area contributed by atoms with E-state index in [4.69, 9.17) is 15.3 Å². The molecular formula is C23H47NO7. The van der Waals surface area contributed by atoms with Crippen molar-refractivity contribution in [3.63, 3.8) is 0 Å². The van der Waals surface area contributed by atoms with E-state index in [9.17, 15) is 19.5 Å². The highest BCUT2D eigenvalue weighted by Crippen LogP contribution is 2.13. The number of rotatable bonds is 14. The van der Waals surface area contributed by atoms with Crippen molar-refractivity contribution in [1.82, 2.24) is 0 Å². The topological polar surface area (TPSA) is 135 Å². The highest BCUT2D eigenvalue weighted by molar-refractivity contribution is 5.70. The number of carboxylic acids is 3. The number of carbonyl (C=O) groups excluding carboxylic acids is 1. The van der Waals surface area contributed by atoms with Gasteiger partial charge in [-0.1, -0.05) is 53.4 Å². The molecule has 0 amide bonds. The highest BCUT2D eigenvalue weighted by Gasteiger charge is 2.15. The molecule has 0 aliphatic rings. The van der Waals surface area contributed by atoms with Crippen molar-refractivity contribution in [3.8, 4) is 0 Å². The Hall–Kier alpha value is -1.67. The van der Waals surface area contributed by atoms with E-state index in [0.29, 0.717) is 11.0 Å². The number of nitrogens with zero attached hydrogens (tertiary/aromatic N) is 1. The van der Waals surface area contributed by atoms with E-state index >= 15 is 0 Å². The van der Waals surface area contributed by atoms with Crippen molar-refractivity contribution in [2.75, 3.05) is 27.7 Å². The van der Waals surface area contributed by atoms with Crippen LogP contribution in [0.4, 0.5) is 0 Å². The molecule has 1 atom stereocenters. The number of aliphatic hydroxyl groups excluding tert-OH is 1. The van der Waals surface area contributed by atoms with Crippen molar-refractivity contribution in [2.45, 2.75) is 91.6 Å². The van der Waals surface area contributed by atoms with Crippen LogP contribution in [0, 0.1) is 11.8 Å². The zero-order valence-electron chi connectivity index (χ0n) is 20.7. The maximum absolute atomic E-state index is 10.5. The van der Waals surface area contributed by atoms with E-state index in [1.54, 1.807) is 0 Å². The molecule has 8 heteroatoms. The van der Waals surface area contributed by atoms with Gasteiger partial charge in [0.1, 0.15) is 12.6 Å². The zero-order valence-corrected chi connectivity index (χ0v) is 20.7. The summed E-state index contributed by atoms with van der Waals surface area (Å²) in [5.74, 6) is -2.68. The molecule has 0 aliphatic carbocycles. The molecule has 0 aromatic carbocycles. The molecule has 0 bridgehead atoms. The van der Waals surface area contributed by atoms with Crippen LogP contribution < -0.4 is 5.11 Å². The standard InChI is InChI=1S/2C8H16O2.C7H15NO3/c2*1-3-5-7(6-4-2)8(9)10;1-8(2,3)5-6(9)4-7(10)11/h2*7H,3-6H2,1-2H3,(H,9,10);6,9H,4-5H2,1-3H3/t;;6-/m..1/s1. The molecule has 0 radical (unpaired) electrons. The average molecular weight is 450 g/mol. The number of aliphatic carboxylic acids is 3. The fraction of sp³-hybridized carbons (Fsp3) is 0.870. The molecule has 0 aliphatic heterocycles. The molecule has 0 saturated carbocycles. The number of hydrogen-bond donors (Lipinski definition) is 3. The molecular weight excluding hydrogens is 402 g/mol. The van der Waals surface area contributed by atoms with Gasteiger partial charge in [-0.2, -0.15) is 0 Å². The molecule has 0 saturated heterocycles. The predicted molar refractivity (Wildman–Crippen MR) is 120 cm³/mol. The Balaban J connectivity index is -0.000000380. The zero-order chi connectivity index (χ0) is 25.0. The first-order valence-electron chi connectivity index (χ1n) is 11.4. The smallest absolute Gasteiger partial charge is 0.306 e. The van der Waals surface area contributed by atoms with Crippen LogP contribution in [0.2, 0.25) is 0 Å².